The summed E-state index contributed by atoms with van der Waals surface area (Å²) in [5.74, 6) is 0.695. The Morgan fingerprint density at radius 1 is 1.42 bits per heavy atom. The Kier molecular flexibility index (Phi) is 4.02. The maximum atomic E-state index is 13.2. The molecule has 104 valence electrons. The van der Waals surface area contributed by atoms with Gasteiger partial charge in [0.05, 0.1) is 11.8 Å². The van der Waals surface area contributed by atoms with Gasteiger partial charge in [-0.05, 0) is 30.7 Å². The van der Waals surface area contributed by atoms with Gasteiger partial charge in [-0.1, -0.05) is 13.8 Å². The number of rotatable bonds is 3. The number of nitrogens with one attached hydrogen (secondary N) is 2. The van der Waals surface area contributed by atoms with E-state index in [9.17, 15) is 9.18 Å². The highest BCUT2D eigenvalue weighted by Crippen LogP contribution is 2.31. The van der Waals surface area contributed by atoms with E-state index in [-0.39, 0.29) is 17.5 Å². The smallest absolute Gasteiger partial charge is 0.255 e. The predicted octanol–water partition coefficient (Wildman–Crippen LogP) is 2.43. The second-order valence-electron chi connectivity index (χ2n) is 5.29. The van der Waals surface area contributed by atoms with E-state index in [1.807, 2.05) is 0 Å². The maximum Gasteiger partial charge on any atom is 0.255 e. The molecule has 1 aromatic heterocycles. The number of aromatic nitrogens is 1. The number of carbonyl (C=O) groups excluding carboxylic acids is 1. The van der Waals surface area contributed by atoms with Crippen molar-refractivity contribution in [3.63, 3.8) is 0 Å². The van der Waals surface area contributed by atoms with Gasteiger partial charge in [-0.25, -0.2) is 9.37 Å². The summed E-state index contributed by atoms with van der Waals surface area (Å²) in [5.41, 5.74) is 0.259. The fourth-order valence-corrected chi connectivity index (χ4v) is 2.63. The van der Waals surface area contributed by atoms with Gasteiger partial charge in [-0.3, -0.25) is 4.79 Å². The van der Waals surface area contributed by atoms with E-state index >= 15 is 0 Å². The van der Waals surface area contributed by atoms with Crippen LogP contribution in [0.5, 0.6) is 0 Å². The molecule has 4 nitrogen and oxygen atoms in total. The van der Waals surface area contributed by atoms with Crippen molar-refractivity contribution >= 4 is 11.7 Å². The summed E-state index contributed by atoms with van der Waals surface area (Å²) < 4.78 is 13.2. The molecule has 1 fully saturated rings. The molecule has 0 aliphatic heterocycles. The van der Waals surface area contributed by atoms with Crippen LogP contribution in [-0.4, -0.2) is 24.0 Å². The molecule has 3 unspecified atom stereocenters. The molecule has 0 radical (unpaired) electrons. The van der Waals surface area contributed by atoms with Crippen molar-refractivity contribution in [1.82, 2.24) is 10.3 Å². The van der Waals surface area contributed by atoms with Gasteiger partial charge in [-0.2, -0.15) is 0 Å². The molecular weight excluding hydrogens is 245 g/mol. The number of nitrogens with zero attached hydrogens (tertiary/aromatic N) is 1. The first-order chi connectivity index (χ1) is 9.02. The summed E-state index contributed by atoms with van der Waals surface area (Å²) in [6.07, 6.45) is 3.20. The van der Waals surface area contributed by atoms with Crippen LogP contribution >= 0.6 is 0 Å². The maximum absolute atomic E-state index is 13.2. The number of hydrogen-bond acceptors (Lipinski definition) is 3. The predicted molar refractivity (Wildman–Crippen MR) is 72.6 cm³/mol. The van der Waals surface area contributed by atoms with Crippen molar-refractivity contribution in [2.45, 2.75) is 32.7 Å². The van der Waals surface area contributed by atoms with E-state index in [0.29, 0.717) is 17.7 Å². The van der Waals surface area contributed by atoms with Crippen LogP contribution in [0.25, 0.3) is 0 Å². The van der Waals surface area contributed by atoms with Crippen LogP contribution in [0, 0.1) is 17.7 Å². The highest BCUT2D eigenvalue weighted by molar-refractivity contribution is 5.98. The Hall–Kier alpha value is -1.65. The number of amides is 1. The fourth-order valence-electron chi connectivity index (χ4n) is 2.63. The zero-order valence-corrected chi connectivity index (χ0v) is 11.5. The minimum absolute atomic E-state index is 0.162. The van der Waals surface area contributed by atoms with Crippen molar-refractivity contribution in [2.24, 2.45) is 11.8 Å². The highest BCUT2D eigenvalue weighted by atomic mass is 19.1. The molecule has 5 heteroatoms. The van der Waals surface area contributed by atoms with Crippen LogP contribution in [0.1, 0.15) is 37.0 Å². The van der Waals surface area contributed by atoms with Crippen molar-refractivity contribution in [2.75, 3.05) is 12.4 Å². The molecule has 19 heavy (non-hydrogen) atoms. The van der Waals surface area contributed by atoms with Crippen molar-refractivity contribution in [3.05, 3.63) is 23.6 Å². The third kappa shape index (κ3) is 2.85. The van der Waals surface area contributed by atoms with Crippen LogP contribution in [0.15, 0.2) is 12.3 Å². The number of anilines is 1. The van der Waals surface area contributed by atoms with Crippen molar-refractivity contribution < 1.29 is 9.18 Å². The first-order valence-electron chi connectivity index (χ1n) is 6.67. The van der Waals surface area contributed by atoms with Gasteiger partial charge in [0.25, 0.3) is 5.91 Å². The molecule has 2 rings (SSSR count). The fraction of sp³-hybridized carbons (Fsp3) is 0.571. The quantitative estimate of drug-likeness (QED) is 0.882. The standard InChI is InChI=1S/C14H20FN3O/c1-8-4-5-12(9(8)2)18-14(19)11-6-10(15)7-17-13(11)16-3/h6-9,12H,4-5H2,1-3H3,(H,16,17)(H,18,19). The van der Waals surface area contributed by atoms with Gasteiger partial charge in [0.1, 0.15) is 11.6 Å². The molecule has 1 aliphatic rings. The average Bonchev–Trinajstić information content (AvgIpc) is 2.70. The number of hydrogen-bond donors (Lipinski definition) is 2. The minimum atomic E-state index is -0.503. The Morgan fingerprint density at radius 2 is 2.16 bits per heavy atom. The third-order valence-electron chi connectivity index (χ3n) is 4.12. The molecule has 0 saturated heterocycles. The zero-order chi connectivity index (χ0) is 14.0. The Balaban J connectivity index is 2.14. The van der Waals surface area contributed by atoms with Gasteiger partial charge in [0.2, 0.25) is 0 Å². The van der Waals surface area contributed by atoms with Gasteiger partial charge in [0.15, 0.2) is 0 Å². The van der Waals surface area contributed by atoms with E-state index in [0.717, 1.165) is 19.0 Å². The topological polar surface area (TPSA) is 54.0 Å². The molecule has 1 heterocycles. The monoisotopic (exact) mass is 265 g/mol. The van der Waals surface area contributed by atoms with E-state index in [2.05, 4.69) is 29.5 Å². The lowest BCUT2D eigenvalue weighted by Gasteiger charge is -2.20. The number of carbonyl (C=O) groups is 1. The molecule has 0 aromatic carbocycles. The Bertz CT molecular complexity index is 478. The average molecular weight is 265 g/mol. The van der Waals surface area contributed by atoms with Gasteiger partial charge >= 0.3 is 0 Å². The summed E-state index contributed by atoms with van der Waals surface area (Å²) in [5, 5.41) is 5.80. The second kappa shape index (κ2) is 5.55. The van der Waals surface area contributed by atoms with E-state index in [1.54, 1.807) is 7.05 Å². The lowest BCUT2D eigenvalue weighted by molar-refractivity contribution is 0.0927. The molecule has 2 N–H and O–H groups in total. The third-order valence-corrected chi connectivity index (χ3v) is 4.12. The molecular formula is C14H20FN3O. The van der Waals surface area contributed by atoms with Crippen molar-refractivity contribution in [1.29, 1.82) is 0 Å². The van der Waals surface area contributed by atoms with Crippen molar-refractivity contribution in [3.8, 4) is 0 Å². The lowest BCUT2D eigenvalue weighted by Crippen LogP contribution is -2.37. The molecule has 1 saturated carbocycles. The second-order valence-corrected chi connectivity index (χ2v) is 5.29. The Labute approximate surface area is 112 Å². The first-order valence-corrected chi connectivity index (χ1v) is 6.67. The molecule has 1 aliphatic carbocycles. The summed E-state index contributed by atoms with van der Waals surface area (Å²) in [7, 11) is 1.66. The van der Waals surface area contributed by atoms with Crippen LogP contribution in [0.3, 0.4) is 0 Å². The van der Waals surface area contributed by atoms with Crippen LogP contribution < -0.4 is 10.6 Å². The van der Waals surface area contributed by atoms with Gasteiger partial charge in [0, 0.05) is 13.1 Å². The van der Waals surface area contributed by atoms with Gasteiger partial charge < -0.3 is 10.6 Å². The summed E-state index contributed by atoms with van der Waals surface area (Å²) in [6, 6.07) is 1.38. The molecule has 1 amide bonds. The summed E-state index contributed by atoms with van der Waals surface area (Å²) >= 11 is 0. The van der Waals surface area contributed by atoms with Crippen LogP contribution in [-0.2, 0) is 0 Å². The van der Waals surface area contributed by atoms with Crippen LogP contribution in [0.4, 0.5) is 10.2 Å². The molecule has 3 atom stereocenters. The van der Waals surface area contributed by atoms with E-state index in [1.165, 1.54) is 6.07 Å². The molecule has 0 bridgehead atoms. The van der Waals surface area contributed by atoms with E-state index in [4.69, 9.17) is 0 Å². The largest absolute Gasteiger partial charge is 0.372 e. The summed E-state index contributed by atoms with van der Waals surface area (Å²) in [4.78, 5) is 16.1. The minimum Gasteiger partial charge on any atom is -0.372 e. The normalized spacial score (nSPS) is 26.2. The Morgan fingerprint density at radius 3 is 2.74 bits per heavy atom. The first kappa shape index (κ1) is 13.8. The zero-order valence-electron chi connectivity index (χ0n) is 11.5. The lowest BCUT2D eigenvalue weighted by atomic mass is 9.97. The van der Waals surface area contributed by atoms with Gasteiger partial charge in [-0.15, -0.1) is 0 Å². The summed E-state index contributed by atoms with van der Waals surface area (Å²) in [6.45, 7) is 4.34. The molecule has 0 spiro atoms. The van der Waals surface area contributed by atoms with Crippen LogP contribution in [0.2, 0.25) is 0 Å². The molecule has 1 aromatic rings. The number of pyridine rings is 1. The number of halogens is 1. The van der Waals surface area contributed by atoms with E-state index < -0.39 is 5.82 Å². The highest BCUT2D eigenvalue weighted by Gasteiger charge is 2.31. The SMILES string of the molecule is CNc1ncc(F)cc1C(=O)NC1CCC(C)C1C.